The molecule has 158 valence electrons. The highest BCUT2D eigenvalue weighted by molar-refractivity contribution is 6.02. The molecule has 0 radical (unpaired) electrons. The summed E-state index contributed by atoms with van der Waals surface area (Å²) in [7, 11) is 1.56. The van der Waals surface area contributed by atoms with Crippen molar-refractivity contribution in [2.45, 2.75) is 19.3 Å². The highest BCUT2D eigenvalue weighted by Crippen LogP contribution is 2.33. The van der Waals surface area contributed by atoms with Crippen LogP contribution in [0.25, 0.3) is 0 Å². The first-order chi connectivity index (χ1) is 15.1. The minimum Gasteiger partial charge on any atom is -0.385 e. The van der Waals surface area contributed by atoms with Gasteiger partial charge in [-0.15, -0.1) is 0 Å². The number of amides is 2. The van der Waals surface area contributed by atoms with Gasteiger partial charge < -0.3 is 21.3 Å². The number of pyridine rings is 1. The van der Waals surface area contributed by atoms with Gasteiger partial charge in [0.05, 0.1) is 17.2 Å². The molecular formula is C24H25N5O2. The van der Waals surface area contributed by atoms with Crippen LogP contribution in [0.1, 0.15) is 33.8 Å². The van der Waals surface area contributed by atoms with E-state index in [0.29, 0.717) is 23.5 Å². The predicted molar refractivity (Wildman–Crippen MR) is 123 cm³/mol. The average Bonchev–Trinajstić information content (AvgIpc) is 2.80. The smallest absolute Gasteiger partial charge is 0.252 e. The number of hydrogen-bond acceptors (Lipinski definition) is 5. The Balaban J connectivity index is 1.66. The van der Waals surface area contributed by atoms with Crippen LogP contribution < -0.4 is 21.3 Å². The largest absolute Gasteiger partial charge is 0.385 e. The number of para-hydroxylation sites is 2. The van der Waals surface area contributed by atoms with Crippen molar-refractivity contribution in [1.29, 1.82) is 0 Å². The van der Waals surface area contributed by atoms with Gasteiger partial charge in [-0.05, 0) is 42.7 Å². The van der Waals surface area contributed by atoms with Gasteiger partial charge in [-0.2, -0.15) is 0 Å². The van der Waals surface area contributed by atoms with Crippen molar-refractivity contribution in [2.24, 2.45) is 0 Å². The van der Waals surface area contributed by atoms with Crippen LogP contribution in [0.5, 0.6) is 0 Å². The van der Waals surface area contributed by atoms with Gasteiger partial charge >= 0.3 is 0 Å². The van der Waals surface area contributed by atoms with E-state index in [2.05, 4.69) is 26.3 Å². The number of nitrogens with zero attached hydrogens (tertiary/aromatic N) is 1. The molecule has 2 heterocycles. The molecule has 7 heteroatoms. The summed E-state index contributed by atoms with van der Waals surface area (Å²) < 4.78 is 0. The maximum absolute atomic E-state index is 13.3. The van der Waals surface area contributed by atoms with E-state index in [1.807, 2.05) is 55.5 Å². The van der Waals surface area contributed by atoms with Gasteiger partial charge in [-0.3, -0.25) is 9.59 Å². The van der Waals surface area contributed by atoms with Crippen molar-refractivity contribution in [3.05, 3.63) is 77.5 Å². The first kappa shape index (κ1) is 20.4. The molecule has 2 amide bonds. The van der Waals surface area contributed by atoms with Crippen LogP contribution in [0.3, 0.4) is 0 Å². The quantitative estimate of drug-likeness (QED) is 0.505. The van der Waals surface area contributed by atoms with E-state index in [9.17, 15) is 9.59 Å². The number of carbonyl (C=O) groups excluding carboxylic acids is 2. The number of fused-ring (bicyclic) bond motifs is 1. The van der Waals surface area contributed by atoms with Crippen LogP contribution in [-0.2, 0) is 4.79 Å². The number of carbonyl (C=O) groups is 2. The van der Waals surface area contributed by atoms with Crippen LogP contribution in [0, 0.1) is 6.92 Å². The summed E-state index contributed by atoms with van der Waals surface area (Å²) in [6.07, 6.45) is 2.18. The molecule has 1 atom stereocenters. The van der Waals surface area contributed by atoms with Gasteiger partial charge in [0.15, 0.2) is 5.82 Å². The Morgan fingerprint density at radius 1 is 1.06 bits per heavy atom. The highest BCUT2D eigenvalue weighted by Gasteiger charge is 2.27. The summed E-state index contributed by atoms with van der Waals surface area (Å²) in [5.74, 6) is -0.194. The SMILES string of the molecule is CNC(=O)c1cnc(Nc2ccccc2C)c(NC(=O)C2CCNc3ccccc32)c1. The van der Waals surface area contributed by atoms with E-state index in [4.69, 9.17) is 0 Å². The van der Waals surface area contributed by atoms with E-state index >= 15 is 0 Å². The average molecular weight is 415 g/mol. The molecule has 0 bridgehead atoms. The zero-order valence-corrected chi connectivity index (χ0v) is 17.5. The summed E-state index contributed by atoms with van der Waals surface area (Å²) in [6.45, 7) is 2.71. The summed E-state index contributed by atoms with van der Waals surface area (Å²) in [5, 5.41) is 12.2. The van der Waals surface area contributed by atoms with Crippen molar-refractivity contribution in [2.75, 3.05) is 29.5 Å². The third-order valence-corrected chi connectivity index (χ3v) is 5.43. The van der Waals surface area contributed by atoms with Crippen molar-refractivity contribution >= 4 is 34.7 Å². The van der Waals surface area contributed by atoms with Crippen LogP contribution in [0.2, 0.25) is 0 Å². The molecule has 0 fully saturated rings. The lowest BCUT2D eigenvalue weighted by Gasteiger charge is -2.26. The van der Waals surface area contributed by atoms with Crippen molar-refractivity contribution < 1.29 is 9.59 Å². The van der Waals surface area contributed by atoms with E-state index in [1.165, 1.54) is 6.20 Å². The zero-order chi connectivity index (χ0) is 21.8. The molecule has 0 spiro atoms. The van der Waals surface area contributed by atoms with E-state index < -0.39 is 0 Å². The Hall–Kier alpha value is -3.87. The Morgan fingerprint density at radius 3 is 2.65 bits per heavy atom. The molecule has 0 saturated heterocycles. The van der Waals surface area contributed by atoms with Crippen LogP contribution in [0.15, 0.2) is 60.8 Å². The number of aryl methyl sites for hydroxylation is 1. The number of aromatic nitrogens is 1. The fraction of sp³-hybridized carbons (Fsp3) is 0.208. The topological polar surface area (TPSA) is 95.2 Å². The van der Waals surface area contributed by atoms with E-state index in [0.717, 1.165) is 29.0 Å². The molecule has 7 nitrogen and oxygen atoms in total. The lowest BCUT2D eigenvalue weighted by molar-refractivity contribution is -0.117. The fourth-order valence-corrected chi connectivity index (χ4v) is 3.73. The molecule has 0 saturated carbocycles. The number of hydrogen-bond donors (Lipinski definition) is 4. The molecule has 0 aliphatic carbocycles. The minimum atomic E-state index is -0.285. The standard InChI is InChI=1S/C24H25N5O2/c1-15-7-3-5-9-19(15)28-22-21(13-16(14-27-22)23(30)25-2)29-24(31)18-11-12-26-20-10-6-4-8-17(18)20/h3-10,13-14,18,26H,11-12H2,1-2H3,(H,25,30)(H,27,28)(H,29,31). The predicted octanol–water partition coefficient (Wildman–Crippen LogP) is 4.03. The summed E-state index contributed by atoms with van der Waals surface area (Å²) in [5.41, 5.74) is 4.71. The number of anilines is 4. The third-order valence-electron chi connectivity index (χ3n) is 5.43. The van der Waals surface area contributed by atoms with Gasteiger partial charge in [-0.25, -0.2) is 4.98 Å². The second-order valence-electron chi connectivity index (χ2n) is 7.48. The normalized spacial score (nSPS) is 14.7. The van der Waals surface area contributed by atoms with Crippen molar-refractivity contribution in [1.82, 2.24) is 10.3 Å². The Kier molecular flexibility index (Phi) is 5.84. The van der Waals surface area contributed by atoms with E-state index in [1.54, 1.807) is 13.1 Å². The summed E-state index contributed by atoms with van der Waals surface area (Å²) in [6, 6.07) is 17.3. The monoisotopic (exact) mass is 415 g/mol. The Bertz CT molecular complexity index is 1130. The van der Waals surface area contributed by atoms with Crippen LogP contribution >= 0.6 is 0 Å². The third kappa shape index (κ3) is 4.35. The second kappa shape index (κ2) is 8.87. The number of nitrogens with one attached hydrogen (secondary N) is 4. The molecule has 1 aliphatic heterocycles. The fourth-order valence-electron chi connectivity index (χ4n) is 3.73. The molecule has 1 aliphatic rings. The highest BCUT2D eigenvalue weighted by atomic mass is 16.2. The minimum absolute atomic E-state index is 0.127. The molecule has 3 aromatic rings. The number of rotatable bonds is 5. The number of benzene rings is 2. The zero-order valence-electron chi connectivity index (χ0n) is 17.5. The summed E-state index contributed by atoms with van der Waals surface area (Å²) >= 11 is 0. The molecule has 1 aromatic heterocycles. The summed E-state index contributed by atoms with van der Waals surface area (Å²) in [4.78, 5) is 29.8. The van der Waals surface area contributed by atoms with Gasteiger partial charge in [0, 0.05) is 31.2 Å². The molecule has 1 unspecified atom stereocenters. The van der Waals surface area contributed by atoms with Crippen molar-refractivity contribution in [3.63, 3.8) is 0 Å². The Labute approximate surface area is 181 Å². The van der Waals surface area contributed by atoms with Gasteiger partial charge in [0.2, 0.25) is 5.91 Å². The second-order valence-corrected chi connectivity index (χ2v) is 7.48. The first-order valence-corrected chi connectivity index (χ1v) is 10.2. The van der Waals surface area contributed by atoms with Gasteiger partial charge in [0.25, 0.3) is 5.91 Å². The van der Waals surface area contributed by atoms with Gasteiger partial charge in [0.1, 0.15) is 0 Å². The van der Waals surface area contributed by atoms with Crippen molar-refractivity contribution in [3.8, 4) is 0 Å². The Morgan fingerprint density at radius 2 is 1.84 bits per heavy atom. The lowest BCUT2D eigenvalue weighted by atomic mass is 9.90. The molecule has 2 aromatic carbocycles. The molecular weight excluding hydrogens is 390 g/mol. The molecule has 4 rings (SSSR count). The maximum atomic E-state index is 13.3. The van der Waals surface area contributed by atoms with Gasteiger partial charge in [-0.1, -0.05) is 36.4 Å². The lowest BCUT2D eigenvalue weighted by Crippen LogP contribution is -2.28. The van der Waals surface area contributed by atoms with Crippen LogP contribution in [-0.4, -0.2) is 30.4 Å². The van der Waals surface area contributed by atoms with E-state index in [-0.39, 0.29) is 17.7 Å². The molecule has 31 heavy (non-hydrogen) atoms. The van der Waals surface area contributed by atoms with Crippen LogP contribution in [0.4, 0.5) is 22.9 Å². The maximum Gasteiger partial charge on any atom is 0.252 e. The first-order valence-electron chi connectivity index (χ1n) is 10.2. The molecule has 4 N–H and O–H groups in total.